The van der Waals surface area contributed by atoms with Gasteiger partial charge in [-0.3, -0.25) is 4.79 Å². The topological polar surface area (TPSA) is 80.2 Å². The molecule has 2 N–H and O–H groups in total. The summed E-state index contributed by atoms with van der Waals surface area (Å²) in [5.41, 5.74) is 1.03. The summed E-state index contributed by atoms with van der Waals surface area (Å²) in [4.78, 5) is 18.2. The summed E-state index contributed by atoms with van der Waals surface area (Å²) in [5.74, 6) is -0.356. The normalized spacial score (nSPS) is 22.2. The average molecular weight is 350 g/mol. The number of halogens is 1. The van der Waals surface area contributed by atoms with Crippen LogP contribution in [-0.2, 0) is 14.4 Å². The number of oxime groups is 1. The monoisotopic (exact) mass is 350 g/mol. The van der Waals surface area contributed by atoms with Crippen LogP contribution in [0, 0.1) is 11.2 Å². The lowest BCUT2D eigenvalue weighted by atomic mass is 9.74. The number of hydrogen-bond acceptors (Lipinski definition) is 5. The number of carbonyl (C=O) groups is 1. The van der Waals surface area contributed by atoms with Gasteiger partial charge in [-0.25, -0.2) is 4.39 Å². The van der Waals surface area contributed by atoms with E-state index in [9.17, 15) is 9.18 Å². The van der Waals surface area contributed by atoms with E-state index in [2.05, 4.69) is 10.5 Å². The summed E-state index contributed by atoms with van der Waals surface area (Å²) in [7, 11) is 0. The van der Waals surface area contributed by atoms with Gasteiger partial charge < -0.3 is 20.0 Å². The first-order valence-corrected chi connectivity index (χ1v) is 8.58. The van der Waals surface area contributed by atoms with Crippen LogP contribution in [0.3, 0.4) is 0 Å². The highest BCUT2D eigenvalue weighted by Gasteiger charge is 2.43. The minimum Gasteiger partial charge on any atom is -0.395 e. The van der Waals surface area contributed by atoms with Crippen LogP contribution in [0.1, 0.15) is 31.2 Å². The van der Waals surface area contributed by atoms with Gasteiger partial charge in [0.05, 0.1) is 17.7 Å². The molecule has 1 amide bonds. The number of nitrogens with zero attached hydrogens (tertiary/aromatic N) is 1. The fourth-order valence-corrected chi connectivity index (χ4v) is 3.43. The number of rotatable bonds is 6. The predicted molar refractivity (Wildman–Crippen MR) is 89.6 cm³/mol. The van der Waals surface area contributed by atoms with Crippen molar-refractivity contribution in [2.45, 2.75) is 31.8 Å². The Bertz CT molecular complexity index is 626. The molecule has 1 fully saturated rings. The standard InChI is InChI=1S/C18H23FN2O4/c19-14-3-1-13(2-4-14)16-11-15(25-21-16)12-18(5-9-24-10-6-18)17(23)20-7-8-22/h1-4,15,22H,5-12H2,(H,20,23)/t15-/m1/s1. The molecule has 0 unspecified atom stereocenters. The van der Waals surface area contributed by atoms with Gasteiger partial charge in [0.25, 0.3) is 0 Å². The number of hydrogen-bond donors (Lipinski definition) is 2. The van der Waals surface area contributed by atoms with Crippen LogP contribution < -0.4 is 5.32 Å². The number of benzene rings is 1. The van der Waals surface area contributed by atoms with Gasteiger partial charge in [-0.05, 0) is 30.5 Å². The van der Waals surface area contributed by atoms with Crippen molar-refractivity contribution in [2.24, 2.45) is 10.6 Å². The molecule has 3 rings (SSSR count). The van der Waals surface area contributed by atoms with Crippen molar-refractivity contribution in [3.8, 4) is 0 Å². The molecular weight excluding hydrogens is 327 g/mol. The van der Waals surface area contributed by atoms with Crippen LogP contribution in [-0.4, -0.2) is 49.2 Å². The second-order valence-corrected chi connectivity index (χ2v) is 6.55. The fraction of sp³-hybridized carbons (Fsp3) is 0.556. The molecule has 1 aromatic rings. The van der Waals surface area contributed by atoms with Crippen molar-refractivity contribution < 1.29 is 23.9 Å². The molecule has 1 saturated heterocycles. The molecule has 7 heteroatoms. The molecule has 1 atom stereocenters. The first kappa shape index (κ1) is 17.8. The Balaban J connectivity index is 1.65. The van der Waals surface area contributed by atoms with E-state index in [-0.39, 0.29) is 31.0 Å². The second kappa shape index (κ2) is 7.93. The number of aliphatic hydroxyl groups is 1. The molecule has 0 bridgehead atoms. The van der Waals surface area contributed by atoms with Crippen molar-refractivity contribution in [1.82, 2.24) is 5.32 Å². The van der Waals surface area contributed by atoms with Crippen molar-refractivity contribution >= 4 is 11.6 Å². The molecule has 0 spiro atoms. The highest BCUT2D eigenvalue weighted by atomic mass is 19.1. The van der Waals surface area contributed by atoms with E-state index in [1.807, 2.05) is 0 Å². The van der Waals surface area contributed by atoms with Crippen molar-refractivity contribution in [1.29, 1.82) is 0 Å². The van der Waals surface area contributed by atoms with Crippen LogP contribution in [0.4, 0.5) is 4.39 Å². The first-order chi connectivity index (χ1) is 12.1. The van der Waals surface area contributed by atoms with Crippen molar-refractivity contribution in [2.75, 3.05) is 26.4 Å². The SMILES string of the molecule is O=C(NCCO)C1(C[C@H]2CC(c3ccc(F)cc3)=NO2)CCOCC1. The van der Waals surface area contributed by atoms with E-state index < -0.39 is 5.41 Å². The molecule has 0 saturated carbocycles. The smallest absolute Gasteiger partial charge is 0.226 e. The highest BCUT2D eigenvalue weighted by Crippen LogP contribution is 2.38. The van der Waals surface area contributed by atoms with Gasteiger partial charge in [0, 0.05) is 32.6 Å². The van der Waals surface area contributed by atoms with Crippen LogP contribution in [0.2, 0.25) is 0 Å². The Morgan fingerprint density at radius 1 is 1.32 bits per heavy atom. The lowest BCUT2D eigenvalue weighted by Crippen LogP contribution is -2.47. The van der Waals surface area contributed by atoms with Crippen LogP contribution in [0.25, 0.3) is 0 Å². The number of ether oxygens (including phenoxy) is 1. The number of aliphatic hydroxyl groups excluding tert-OH is 1. The second-order valence-electron chi connectivity index (χ2n) is 6.55. The van der Waals surface area contributed by atoms with Crippen LogP contribution in [0.15, 0.2) is 29.4 Å². The Labute approximate surface area is 146 Å². The van der Waals surface area contributed by atoms with Crippen LogP contribution >= 0.6 is 0 Å². The fourth-order valence-electron chi connectivity index (χ4n) is 3.43. The van der Waals surface area contributed by atoms with E-state index in [1.165, 1.54) is 12.1 Å². The van der Waals surface area contributed by atoms with E-state index in [4.69, 9.17) is 14.7 Å². The Kier molecular flexibility index (Phi) is 5.65. The molecule has 6 nitrogen and oxygen atoms in total. The zero-order chi connectivity index (χ0) is 17.7. The van der Waals surface area contributed by atoms with Crippen molar-refractivity contribution in [3.05, 3.63) is 35.6 Å². The zero-order valence-corrected chi connectivity index (χ0v) is 14.0. The van der Waals surface area contributed by atoms with E-state index >= 15 is 0 Å². The molecule has 0 aromatic heterocycles. The predicted octanol–water partition coefficient (Wildman–Crippen LogP) is 1.61. The number of amides is 1. The Hall–Kier alpha value is -1.99. The summed E-state index contributed by atoms with van der Waals surface area (Å²) in [6.07, 6.45) is 2.17. The molecule has 1 aromatic carbocycles. The van der Waals surface area contributed by atoms with E-state index in [1.54, 1.807) is 12.1 Å². The van der Waals surface area contributed by atoms with Gasteiger partial charge in [-0.15, -0.1) is 0 Å². The summed E-state index contributed by atoms with van der Waals surface area (Å²) < 4.78 is 18.5. The van der Waals surface area contributed by atoms with Gasteiger partial charge >= 0.3 is 0 Å². The molecule has 25 heavy (non-hydrogen) atoms. The molecule has 0 aliphatic carbocycles. The van der Waals surface area contributed by atoms with Gasteiger partial charge in [0.2, 0.25) is 5.91 Å². The van der Waals surface area contributed by atoms with Gasteiger partial charge in [0.1, 0.15) is 11.9 Å². The Morgan fingerprint density at radius 3 is 2.72 bits per heavy atom. The summed E-state index contributed by atoms with van der Waals surface area (Å²) in [6, 6.07) is 6.15. The summed E-state index contributed by atoms with van der Waals surface area (Å²) in [6.45, 7) is 1.22. The third-order valence-corrected chi connectivity index (χ3v) is 4.86. The Morgan fingerprint density at radius 2 is 2.04 bits per heavy atom. The summed E-state index contributed by atoms with van der Waals surface area (Å²) in [5, 5.41) is 15.9. The van der Waals surface area contributed by atoms with E-state index in [0.717, 1.165) is 11.3 Å². The highest BCUT2D eigenvalue weighted by molar-refractivity contribution is 6.01. The lowest BCUT2D eigenvalue weighted by Gasteiger charge is -2.36. The molecule has 2 heterocycles. The minimum absolute atomic E-state index is 0.0660. The minimum atomic E-state index is -0.564. The third kappa shape index (κ3) is 4.16. The van der Waals surface area contributed by atoms with Gasteiger partial charge in [-0.2, -0.15) is 0 Å². The molecule has 136 valence electrons. The first-order valence-electron chi connectivity index (χ1n) is 8.58. The molecule has 2 aliphatic rings. The third-order valence-electron chi connectivity index (χ3n) is 4.86. The largest absolute Gasteiger partial charge is 0.395 e. The molecule has 2 aliphatic heterocycles. The number of carbonyl (C=O) groups excluding carboxylic acids is 1. The van der Waals surface area contributed by atoms with E-state index in [0.29, 0.717) is 38.9 Å². The van der Waals surface area contributed by atoms with Crippen molar-refractivity contribution in [3.63, 3.8) is 0 Å². The summed E-state index contributed by atoms with van der Waals surface area (Å²) >= 11 is 0. The molecular formula is C18H23FN2O4. The van der Waals surface area contributed by atoms with Gasteiger partial charge in [-0.1, -0.05) is 17.3 Å². The maximum atomic E-state index is 13.1. The maximum Gasteiger partial charge on any atom is 0.226 e. The average Bonchev–Trinajstić information content (AvgIpc) is 3.09. The van der Waals surface area contributed by atoms with Gasteiger partial charge in [0.15, 0.2) is 0 Å². The quantitative estimate of drug-likeness (QED) is 0.817. The zero-order valence-electron chi connectivity index (χ0n) is 14.0. The van der Waals surface area contributed by atoms with Crippen LogP contribution in [0.5, 0.6) is 0 Å². The maximum absolute atomic E-state index is 13.1. The lowest BCUT2D eigenvalue weighted by molar-refractivity contribution is -0.140. The molecule has 0 radical (unpaired) electrons. The number of nitrogens with one attached hydrogen (secondary N) is 1.